The molecule has 0 fully saturated rings. The molecule has 0 spiro atoms. The van der Waals surface area contributed by atoms with Crippen LogP contribution in [0.25, 0.3) is 0 Å². The van der Waals surface area contributed by atoms with E-state index in [9.17, 15) is 8.42 Å². The predicted octanol–water partition coefficient (Wildman–Crippen LogP) is 2.60. The zero-order valence-corrected chi connectivity index (χ0v) is 13.3. The Balaban J connectivity index is 2.44. The molecule has 0 unspecified atom stereocenters. The van der Waals surface area contributed by atoms with E-state index in [2.05, 4.69) is 0 Å². The third-order valence-corrected chi connectivity index (χ3v) is 6.54. The fourth-order valence-corrected chi connectivity index (χ4v) is 4.72. The van der Waals surface area contributed by atoms with Gasteiger partial charge in [-0.25, -0.2) is 8.42 Å². The molecule has 4 nitrogen and oxygen atoms in total. The van der Waals surface area contributed by atoms with Crippen LogP contribution in [0.4, 0.5) is 5.69 Å². The summed E-state index contributed by atoms with van der Waals surface area (Å²) in [5.41, 5.74) is 6.16. The Kier molecular flexibility index (Phi) is 4.42. The minimum Gasteiger partial charge on any atom is -0.389 e. The number of thiocarbonyl (C=S) groups is 1. The van der Waals surface area contributed by atoms with Gasteiger partial charge in [-0.3, -0.25) is 4.31 Å². The SMILES string of the molecule is CCN(c1ccccc1)S(=O)(=O)c1ccc(C(N)=S)s1. The van der Waals surface area contributed by atoms with E-state index in [1.165, 1.54) is 4.31 Å². The van der Waals surface area contributed by atoms with Gasteiger partial charge >= 0.3 is 0 Å². The first-order chi connectivity index (χ1) is 9.46. The summed E-state index contributed by atoms with van der Waals surface area (Å²) in [6.07, 6.45) is 0. The Bertz CT molecular complexity index is 708. The monoisotopic (exact) mass is 326 g/mol. The molecule has 0 bridgehead atoms. The second-order valence-corrected chi connectivity index (χ2v) is 7.60. The van der Waals surface area contributed by atoms with Gasteiger partial charge in [0.2, 0.25) is 0 Å². The summed E-state index contributed by atoms with van der Waals surface area (Å²) in [7, 11) is -3.58. The van der Waals surface area contributed by atoms with Crippen LogP contribution in [0.5, 0.6) is 0 Å². The van der Waals surface area contributed by atoms with Gasteiger partial charge < -0.3 is 5.73 Å². The summed E-state index contributed by atoms with van der Waals surface area (Å²) in [6.45, 7) is 2.15. The van der Waals surface area contributed by atoms with Crippen molar-refractivity contribution in [3.05, 3.63) is 47.3 Å². The lowest BCUT2D eigenvalue weighted by molar-refractivity contribution is 0.594. The smallest absolute Gasteiger partial charge is 0.273 e. The van der Waals surface area contributed by atoms with E-state index < -0.39 is 10.0 Å². The van der Waals surface area contributed by atoms with E-state index in [4.69, 9.17) is 18.0 Å². The summed E-state index contributed by atoms with van der Waals surface area (Å²) in [6, 6.07) is 12.2. The number of para-hydroxylation sites is 1. The van der Waals surface area contributed by atoms with Crippen molar-refractivity contribution in [2.45, 2.75) is 11.1 Å². The maximum atomic E-state index is 12.7. The topological polar surface area (TPSA) is 63.4 Å². The van der Waals surface area contributed by atoms with Crippen LogP contribution < -0.4 is 10.0 Å². The molecule has 1 aromatic carbocycles. The van der Waals surface area contributed by atoms with E-state index in [1.54, 1.807) is 31.2 Å². The third kappa shape index (κ3) is 2.84. The largest absolute Gasteiger partial charge is 0.389 e. The Morgan fingerprint density at radius 3 is 2.40 bits per heavy atom. The molecule has 106 valence electrons. The molecule has 0 aliphatic carbocycles. The number of sulfonamides is 1. The van der Waals surface area contributed by atoms with Gasteiger partial charge in [0.15, 0.2) is 0 Å². The molecule has 2 rings (SSSR count). The predicted molar refractivity (Wildman–Crippen MR) is 86.9 cm³/mol. The normalized spacial score (nSPS) is 11.2. The molecule has 1 heterocycles. The van der Waals surface area contributed by atoms with Gasteiger partial charge in [0.25, 0.3) is 10.0 Å². The average Bonchev–Trinajstić information content (AvgIpc) is 2.91. The van der Waals surface area contributed by atoms with Crippen molar-refractivity contribution in [2.75, 3.05) is 10.8 Å². The Hall–Kier alpha value is -1.44. The lowest BCUT2D eigenvalue weighted by Crippen LogP contribution is -2.30. The highest BCUT2D eigenvalue weighted by atomic mass is 32.2. The molecule has 0 saturated carbocycles. The molecule has 1 aromatic heterocycles. The van der Waals surface area contributed by atoms with E-state index >= 15 is 0 Å². The maximum Gasteiger partial charge on any atom is 0.273 e. The van der Waals surface area contributed by atoms with Gasteiger partial charge in [0, 0.05) is 6.54 Å². The number of nitrogens with two attached hydrogens (primary N) is 1. The molecule has 7 heteroatoms. The van der Waals surface area contributed by atoms with Crippen molar-refractivity contribution in [3.8, 4) is 0 Å². The van der Waals surface area contributed by atoms with Gasteiger partial charge in [-0.05, 0) is 31.2 Å². The number of hydrogen-bond donors (Lipinski definition) is 1. The molecule has 0 saturated heterocycles. The van der Waals surface area contributed by atoms with Crippen LogP contribution >= 0.6 is 23.6 Å². The van der Waals surface area contributed by atoms with Crippen LogP contribution in [0.2, 0.25) is 0 Å². The van der Waals surface area contributed by atoms with Crippen LogP contribution in [0, 0.1) is 0 Å². The molecule has 0 radical (unpaired) electrons. The van der Waals surface area contributed by atoms with E-state index in [-0.39, 0.29) is 9.20 Å². The minimum absolute atomic E-state index is 0.208. The highest BCUT2D eigenvalue weighted by Crippen LogP contribution is 2.28. The van der Waals surface area contributed by atoms with E-state index in [0.717, 1.165) is 11.3 Å². The minimum atomic E-state index is -3.58. The summed E-state index contributed by atoms with van der Waals surface area (Å²) in [5.74, 6) is 0. The molecule has 0 aliphatic rings. The molecule has 2 aromatic rings. The highest BCUT2D eigenvalue weighted by Gasteiger charge is 2.25. The summed E-state index contributed by atoms with van der Waals surface area (Å²) >= 11 is 5.96. The van der Waals surface area contributed by atoms with Crippen LogP contribution in [-0.4, -0.2) is 20.0 Å². The fourth-order valence-electron chi connectivity index (χ4n) is 1.79. The molecule has 20 heavy (non-hydrogen) atoms. The van der Waals surface area contributed by atoms with Crippen LogP contribution in [-0.2, 0) is 10.0 Å². The molecular weight excluding hydrogens is 312 g/mol. The summed E-state index contributed by atoms with van der Waals surface area (Å²) < 4.78 is 26.9. The van der Waals surface area contributed by atoms with Crippen molar-refractivity contribution in [3.63, 3.8) is 0 Å². The second kappa shape index (κ2) is 5.90. The zero-order valence-electron chi connectivity index (χ0n) is 10.8. The Labute approximate surface area is 127 Å². The first-order valence-electron chi connectivity index (χ1n) is 5.94. The van der Waals surface area contributed by atoms with Gasteiger partial charge in [-0.15, -0.1) is 11.3 Å². The number of benzene rings is 1. The van der Waals surface area contributed by atoms with Crippen LogP contribution in [0.3, 0.4) is 0 Å². The summed E-state index contributed by atoms with van der Waals surface area (Å²) in [4.78, 5) is 0.807. The van der Waals surface area contributed by atoms with Crippen molar-refractivity contribution in [1.82, 2.24) is 0 Å². The van der Waals surface area contributed by atoms with E-state index in [1.807, 2.05) is 18.2 Å². The number of anilines is 1. The average molecular weight is 326 g/mol. The lowest BCUT2D eigenvalue weighted by atomic mass is 10.3. The fraction of sp³-hybridized carbons (Fsp3) is 0.154. The number of hydrogen-bond acceptors (Lipinski definition) is 4. The van der Waals surface area contributed by atoms with Gasteiger partial charge in [-0.2, -0.15) is 0 Å². The Morgan fingerprint density at radius 2 is 1.90 bits per heavy atom. The van der Waals surface area contributed by atoms with Crippen LogP contribution in [0.15, 0.2) is 46.7 Å². The molecule has 0 aliphatic heterocycles. The van der Waals surface area contributed by atoms with Crippen LogP contribution in [0.1, 0.15) is 11.8 Å². The summed E-state index contributed by atoms with van der Waals surface area (Å²) in [5, 5.41) is 0. The standard InChI is InChI=1S/C13H14N2O2S3/c1-2-15(10-6-4-3-5-7-10)20(16,17)12-9-8-11(19-12)13(14)18/h3-9H,2H2,1H3,(H2,14,18). The number of nitrogens with zero attached hydrogens (tertiary/aromatic N) is 1. The maximum absolute atomic E-state index is 12.7. The van der Waals surface area contributed by atoms with Crippen molar-refractivity contribution < 1.29 is 8.42 Å². The van der Waals surface area contributed by atoms with Gasteiger partial charge in [0.05, 0.1) is 10.6 Å². The number of rotatable bonds is 5. The zero-order chi connectivity index (χ0) is 14.8. The second-order valence-electron chi connectivity index (χ2n) is 3.99. The van der Waals surface area contributed by atoms with Crippen molar-refractivity contribution in [2.24, 2.45) is 5.73 Å². The molecular formula is C13H14N2O2S3. The van der Waals surface area contributed by atoms with Crippen molar-refractivity contribution >= 4 is 44.3 Å². The van der Waals surface area contributed by atoms with Gasteiger partial charge in [0.1, 0.15) is 9.20 Å². The lowest BCUT2D eigenvalue weighted by Gasteiger charge is -2.21. The third-order valence-electron chi connectivity index (χ3n) is 2.70. The first kappa shape index (κ1) is 15.0. The molecule has 0 amide bonds. The van der Waals surface area contributed by atoms with E-state index in [0.29, 0.717) is 17.1 Å². The van der Waals surface area contributed by atoms with Gasteiger partial charge in [-0.1, -0.05) is 30.4 Å². The Morgan fingerprint density at radius 1 is 1.25 bits per heavy atom. The molecule has 0 atom stereocenters. The molecule has 2 N–H and O–H groups in total. The first-order valence-corrected chi connectivity index (χ1v) is 8.60. The number of thiophene rings is 1. The quantitative estimate of drug-likeness (QED) is 0.858. The highest BCUT2D eigenvalue weighted by molar-refractivity contribution is 7.94. The van der Waals surface area contributed by atoms with Crippen molar-refractivity contribution in [1.29, 1.82) is 0 Å².